The van der Waals surface area contributed by atoms with Gasteiger partial charge in [0.1, 0.15) is 8.24 Å². The van der Waals surface area contributed by atoms with E-state index in [0.29, 0.717) is 11.8 Å². The van der Waals surface area contributed by atoms with Crippen LogP contribution in [0.3, 0.4) is 0 Å². The summed E-state index contributed by atoms with van der Waals surface area (Å²) in [7, 11) is -1.30. The largest absolute Gasteiger partial charge is 0.410 e. The lowest BCUT2D eigenvalue weighted by atomic mass is 9.93. The van der Waals surface area contributed by atoms with Gasteiger partial charge in [-0.25, -0.2) is 0 Å². The van der Waals surface area contributed by atoms with Crippen molar-refractivity contribution >= 4 is 13.9 Å². The van der Waals surface area contributed by atoms with Gasteiger partial charge in [-0.1, -0.05) is 65.5 Å². The number of nitrogens with one attached hydrogen (secondary N) is 1. The van der Waals surface area contributed by atoms with Crippen molar-refractivity contribution in [3.05, 3.63) is 29.3 Å². The molecule has 1 N–H and O–H groups in total. The standard InChI is InChI=1S/C15H27NSi/c1-11(2)13-9-8-10-14(12(3)4)15(13)16-17(5,6)7/h8-12,16H,1-7H3. The van der Waals surface area contributed by atoms with Gasteiger partial charge >= 0.3 is 0 Å². The van der Waals surface area contributed by atoms with E-state index < -0.39 is 8.24 Å². The molecule has 0 fully saturated rings. The van der Waals surface area contributed by atoms with E-state index in [1.807, 2.05) is 0 Å². The number of anilines is 1. The smallest absolute Gasteiger partial charge is 0.144 e. The van der Waals surface area contributed by atoms with Crippen molar-refractivity contribution in [2.45, 2.75) is 59.2 Å². The molecule has 1 rings (SSSR count). The third kappa shape index (κ3) is 3.88. The molecule has 0 bridgehead atoms. The Bertz CT molecular complexity index is 349. The summed E-state index contributed by atoms with van der Waals surface area (Å²) in [6, 6.07) is 6.72. The number of para-hydroxylation sites is 1. The van der Waals surface area contributed by atoms with Gasteiger partial charge in [-0.05, 0) is 23.0 Å². The second-order valence-electron chi connectivity index (χ2n) is 6.50. The van der Waals surface area contributed by atoms with Crippen LogP contribution < -0.4 is 4.98 Å². The topological polar surface area (TPSA) is 12.0 Å². The van der Waals surface area contributed by atoms with Crippen molar-refractivity contribution in [1.29, 1.82) is 0 Å². The lowest BCUT2D eigenvalue weighted by Crippen LogP contribution is -2.33. The van der Waals surface area contributed by atoms with E-state index in [0.717, 1.165) is 0 Å². The predicted octanol–water partition coefficient (Wildman–Crippen LogP) is 5.18. The number of hydrogen-bond donors (Lipinski definition) is 1. The molecule has 0 aromatic heterocycles. The van der Waals surface area contributed by atoms with Gasteiger partial charge in [0.2, 0.25) is 0 Å². The minimum Gasteiger partial charge on any atom is -0.410 e. The predicted molar refractivity (Wildman–Crippen MR) is 81.6 cm³/mol. The zero-order chi connectivity index (χ0) is 13.2. The molecule has 0 aliphatic carbocycles. The van der Waals surface area contributed by atoms with Crippen LogP contribution in [-0.2, 0) is 0 Å². The van der Waals surface area contributed by atoms with Gasteiger partial charge in [0.05, 0.1) is 0 Å². The Hall–Kier alpha value is -0.763. The summed E-state index contributed by atoms with van der Waals surface area (Å²) in [5.74, 6) is 1.15. The second kappa shape index (κ2) is 5.26. The van der Waals surface area contributed by atoms with Crippen molar-refractivity contribution in [3.8, 4) is 0 Å². The summed E-state index contributed by atoms with van der Waals surface area (Å²) in [4.78, 5) is 3.82. The Morgan fingerprint density at radius 3 is 1.59 bits per heavy atom. The van der Waals surface area contributed by atoms with Crippen molar-refractivity contribution in [2.24, 2.45) is 0 Å². The molecule has 17 heavy (non-hydrogen) atoms. The average Bonchev–Trinajstić information content (AvgIpc) is 2.14. The first-order valence-corrected chi connectivity index (χ1v) is 10.1. The molecule has 0 saturated heterocycles. The molecule has 0 aliphatic rings. The normalized spacial score (nSPS) is 12.3. The third-order valence-electron chi connectivity index (χ3n) is 2.87. The zero-order valence-electron chi connectivity index (χ0n) is 12.4. The molecule has 1 nitrogen and oxygen atoms in total. The Balaban J connectivity index is 3.29. The molecule has 0 radical (unpaired) electrons. The maximum absolute atomic E-state index is 3.82. The van der Waals surface area contributed by atoms with Crippen LogP contribution in [0.25, 0.3) is 0 Å². The maximum atomic E-state index is 3.82. The van der Waals surface area contributed by atoms with Crippen LogP contribution in [0.2, 0.25) is 19.6 Å². The third-order valence-corrected chi connectivity index (χ3v) is 3.87. The van der Waals surface area contributed by atoms with E-state index in [2.05, 4.69) is 70.5 Å². The van der Waals surface area contributed by atoms with Crippen molar-refractivity contribution in [1.82, 2.24) is 0 Å². The highest BCUT2D eigenvalue weighted by atomic mass is 28.3. The molecule has 0 atom stereocenters. The zero-order valence-corrected chi connectivity index (χ0v) is 13.4. The Labute approximate surface area is 108 Å². The van der Waals surface area contributed by atoms with Gasteiger partial charge in [-0.2, -0.15) is 0 Å². The van der Waals surface area contributed by atoms with Gasteiger partial charge in [0, 0.05) is 5.69 Å². The van der Waals surface area contributed by atoms with E-state index in [9.17, 15) is 0 Å². The van der Waals surface area contributed by atoms with E-state index in [1.165, 1.54) is 16.8 Å². The molecule has 0 heterocycles. The second-order valence-corrected chi connectivity index (χ2v) is 11.2. The van der Waals surface area contributed by atoms with E-state index in [-0.39, 0.29) is 0 Å². The minimum atomic E-state index is -1.30. The molecule has 96 valence electrons. The molecule has 2 heteroatoms. The monoisotopic (exact) mass is 249 g/mol. The SMILES string of the molecule is CC(C)c1cccc(C(C)C)c1N[Si](C)(C)C. The minimum absolute atomic E-state index is 0.576. The lowest BCUT2D eigenvalue weighted by Gasteiger charge is -2.27. The molecule has 0 spiro atoms. The van der Waals surface area contributed by atoms with E-state index in [4.69, 9.17) is 0 Å². The highest BCUT2D eigenvalue weighted by Gasteiger charge is 2.19. The Morgan fingerprint density at radius 2 is 1.29 bits per heavy atom. The molecule has 0 saturated carbocycles. The first kappa shape index (κ1) is 14.3. The first-order valence-electron chi connectivity index (χ1n) is 6.63. The van der Waals surface area contributed by atoms with E-state index >= 15 is 0 Å². The number of rotatable bonds is 4. The van der Waals surface area contributed by atoms with Crippen LogP contribution in [0, 0.1) is 0 Å². The van der Waals surface area contributed by atoms with Crippen LogP contribution in [-0.4, -0.2) is 8.24 Å². The summed E-state index contributed by atoms with van der Waals surface area (Å²) < 4.78 is 0. The van der Waals surface area contributed by atoms with Crippen LogP contribution in [0.15, 0.2) is 18.2 Å². The van der Waals surface area contributed by atoms with Crippen LogP contribution in [0.1, 0.15) is 50.7 Å². The highest BCUT2D eigenvalue weighted by Crippen LogP contribution is 2.33. The van der Waals surface area contributed by atoms with Gasteiger partial charge in [0.15, 0.2) is 0 Å². The molecule has 0 unspecified atom stereocenters. The fourth-order valence-corrected chi connectivity index (χ4v) is 3.11. The van der Waals surface area contributed by atoms with Gasteiger partial charge in [-0.15, -0.1) is 0 Å². The van der Waals surface area contributed by atoms with E-state index in [1.54, 1.807) is 0 Å². The summed E-state index contributed by atoms with van der Waals surface area (Å²) in [5.41, 5.74) is 4.31. The fraction of sp³-hybridized carbons (Fsp3) is 0.600. The van der Waals surface area contributed by atoms with Gasteiger partial charge < -0.3 is 4.98 Å². The van der Waals surface area contributed by atoms with Crippen LogP contribution in [0.5, 0.6) is 0 Å². The molecule has 1 aromatic carbocycles. The highest BCUT2D eigenvalue weighted by molar-refractivity contribution is 6.79. The van der Waals surface area contributed by atoms with Crippen molar-refractivity contribution in [3.63, 3.8) is 0 Å². The summed E-state index contributed by atoms with van der Waals surface area (Å²) >= 11 is 0. The van der Waals surface area contributed by atoms with Crippen molar-refractivity contribution in [2.75, 3.05) is 4.98 Å². The summed E-state index contributed by atoms with van der Waals surface area (Å²) in [6.45, 7) is 16.2. The first-order chi connectivity index (χ1) is 7.72. The molecule has 0 aliphatic heterocycles. The lowest BCUT2D eigenvalue weighted by molar-refractivity contribution is 0.839. The fourth-order valence-electron chi connectivity index (χ4n) is 2.07. The molecule has 0 amide bonds. The molecular formula is C15H27NSi. The van der Waals surface area contributed by atoms with Crippen LogP contribution >= 0.6 is 0 Å². The van der Waals surface area contributed by atoms with Crippen LogP contribution in [0.4, 0.5) is 5.69 Å². The number of hydrogen-bond acceptors (Lipinski definition) is 1. The molecular weight excluding hydrogens is 222 g/mol. The van der Waals surface area contributed by atoms with Gasteiger partial charge in [0.25, 0.3) is 0 Å². The van der Waals surface area contributed by atoms with Crippen molar-refractivity contribution < 1.29 is 0 Å². The van der Waals surface area contributed by atoms with Gasteiger partial charge in [-0.3, -0.25) is 0 Å². The summed E-state index contributed by atoms with van der Waals surface area (Å²) in [6.07, 6.45) is 0. The molecule has 1 aromatic rings. The maximum Gasteiger partial charge on any atom is 0.144 e. The summed E-state index contributed by atoms with van der Waals surface area (Å²) in [5, 5.41) is 0. The Morgan fingerprint density at radius 1 is 0.882 bits per heavy atom. The quantitative estimate of drug-likeness (QED) is 0.725. The average molecular weight is 249 g/mol. The Kier molecular flexibility index (Phi) is 4.42. The number of benzene rings is 1.